The number of amides is 1. The zero-order valence-corrected chi connectivity index (χ0v) is 20.9. The first-order chi connectivity index (χ1) is 16.2. The highest BCUT2D eigenvalue weighted by Gasteiger charge is 2.44. The van der Waals surface area contributed by atoms with Crippen molar-refractivity contribution in [1.82, 2.24) is 0 Å². The molecule has 0 atom stereocenters. The Kier molecular flexibility index (Phi) is 13.7. The van der Waals surface area contributed by atoms with Gasteiger partial charge in [0.2, 0.25) is 5.91 Å². The predicted octanol–water partition coefficient (Wildman–Crippen LogP) is -5.59. The highest BCUT2D eigenvalue weighted by Crippen LogP contribution is 2.35. The van der Waals surface area contributed by atoms with E-state index in [-0.39, 0.29) is 11.9 Å². The monoisotopic (exact) mass is 424 g/mol. The van der Waals surface area contributed by atoms with Crippen LogP contribution in [0, 0.1) is 0 Å². The minimum absolute atomic E-state index is 0.197. The zero-order chi connectivity index (χ0) is 27.2. The van der Waals surface area contributed by atoms with Crippen LogP contribution in [0.25, 0.3) is 0 Å². The first-order valence-corrected chi connectivity index (χ1v) is 11.6. The second-order valence-electron chi connectivity index (χ2n) is 9.28. The third-order valence-electron chi connectivity index (χ3n) is 6.35. The lowest BCUT2D eigenvalue weighted by Crippen LogP contribution is -2.80. The fourth-order valence-electron chi connectivity index (χ4n) is 4.72. The van der Waals surface area contributed by atoms with Gasteiger partial charge in [-0.3, -0.25) is 4.79 Å². The van der Waals surface area contributed by atoms with Gasteiger partial charge in [-0.25, -0.2) is 0 Å². The minimum atomic E-state index is -0.889. The van der Waals surface area contributed by atoms with Crippen LogP contribution in [0.5, 0.6) is 0 Å². The molecule has 1 heterocycles. The second kappa shape index (κ2) is 14.7. The molecule has 0 saturated carbocycles. The Hall–Kier alpha value is -0.211. The molecule has 2 rings (SSSR count). The third-order valence-corrected chi connectivity index (χ3v) is 6.35. The number of benzene rings is 1. The smallest absolute Gasteiger partial charge is 0.231 e. The van der Waals surface area contributed by atoms with Gasteiger partial charge in [-0.15, -0.1) is 0 Å². The number of carbonyl (C=O) groups is 1. The van der Waals surface area contributed by atoms with E-state index in [9.17, 15) is 4.79 Å². The van der Waals surface area contributed by atoms with E-state index in [0.717, 1.165) is 16.9 Å². The molecule has 0 bridgehead atoms. The van der Waals surface area contributed by atoms with Crippen LogP contribution in [-0.2, 0) is 11.2 Å². The van der Waals surface area contributed by atoms with Crippen LogP contribution in [0.3, 0.4) is 0 Å². The summed E-state index contributed by atoms with van der Waals surface area (Å²) < 4.78 is 0. The highest BCUT2D eigenvalue weighted by atomic mass is 16.2. The molecule has 3 nitrogen and oxygen atoms in total. The summed E-state index contributed by atoms with van der Waals surface area (Å²) in [5.74, 6) is 0.197. The van der Waals surface area contributed by atoms with Crippen molar-refractivity contribution in [2.24, 2.45) is 0 Å². The second-order valence-corrected chi connectivity index (χ2v) is 9.28. The maximum absolute atomic E-state index is 11.8. The molecule has 23 heteroatoms. The van der Waals surface area contributed by atoms with Gasteiger partial charge in [0.25, 0.3) is 0 Å². The molecule has 1 aromatic carbocycles. The summed E-state index contributed by atoms with van der Waals surface area (Å²) >= 11 is 0. The molecule has 1 aliphatic rings. The highest BCUT2D eigenvalue weighted by molar-refractivity contribution is 8.19. The average molecular weight is 421 g/mol. The number of anilines is 2. The molecule has 35 heavy (non-hydrogen) atoms. The van der Waals surface area contributed by atoms with Crippen molar-refractivity contribution in [3.8, 4) is 0 Å². The van der Waals surface area contributed by atoms with Gasteiger partial charge in [-0.05, 0) is 26.0 Å². The molecular weight excluding hydrogens is 404 g/mol. The maximum atomic E-state index is 11.8. The predicted molar refractivity (Wildman–Crippen MR) is 177 cm³/mol. The van der Waals surface area contributed by atoms with E-state index in [2.05, 4.69) is 5.32 Å². The maximum Gasteiger partial charge on any atom is 0.231 e. The molecule has 140 valence electrons. The van der Waals surface area contributed by atoms with Crippen LogP contribution >= 0.6 is 0 Å². The number of hydrogen-bond donors (Lipinski definition) is 1. The minimum Gasteiger partial charge on any atom is -0.388 e. The van der Waals surface area contributed by atoms with Crippen LogP contribution in [0.1, 0.15) is 19.4 Å². The standard InChI is InChI=1S/C12H16N2O.B20/c1-8(2)14-11-6-4-5-10(13-3)9(11)7-12(14)15;1-12(2)17(11)20(18(13(3)4)14(5)6)19(15(7)8)16(9)10/h4-6,8,13H,7H2,1-3H3;. The molecule has 0 spiro atoms. The van der Waals surface area contributed by atoms with E-state index >= 15 is 0 Å². The summed E-state index contributed by atoms with van der Waals surface area (Å²) in [6, 6.07) is 6.24. The summed E-state index contributed by atoms with van der Waals surface area (Å²) in [6.07, 6.45) is -6.63. The Bertz CT molecular complexity index is 772. The molecule has 1 amide bonds. The number of hydrogen-bond acceptors (Lipinski definition) is 2. The Morgan fingerprint density at radius 1 is 0.771 bits per heavy atom. The van der Waals surface area contributed by atoms with Crippen molar-refractivity contribution in [1.29, 1.82) is 0 Å². The Balaban J connectivity index is 0.000000362. The van der Waals surface area contributed by atoms with Crippen LogP contribution in [0.2, 0.25) is 0 Å². The topological polar surface area (TPSA) is 32.3 Å². The van der Waals surface area contributed by atoms with Crippen LogP contribution in [-0.4, -0.2) is 162 Å². The summed E-state index contributed by atoms with van der Waals surface area (Å²) in [4.78, 5) is 13.7. The number of rotatable bonds is 10. The largest absolute Gasteiger partial charge is 0.388 e. The molecule has 0 aliphatic carbocycles. The quantitative estimate of drug-likeness (QED) is 0.383. The van der Waals surface area contributed by atoms with Crippen molar-refractivity contribution < 1.29 is 4.79 Å². The molecule has 1 aromatic rings. The number of fused-ring (bicyclic) bond motifs is 1. The summed E-state index contributed by atoms with van der Waals surface area (Å²) in [6.45, 7) is 4.08. The van der Waals surface area contributed by atoms with Gasteiger partial charge in [-0.2, -0.15) is 0 Å². The number of carbonyl (C=O) groups excluding carboxylic acids is 1. The lowest BCUT2D eigenvalue weighted by molar-refractivity contribution is -0.117. The molecule has 1 aliphatic heterocycles. The zero-order valence-electron chi connectivity index (χ0n) is 20.9. The van der Waals surface area contributed by atoms with Gasteiger partial charge < -0.3 is 10.2 Å². The van der Waals surface area contributed by atoms with Gasteiger partial charge in [0.05, 0.1) is 6.42 Å². The van der Waals surface area contributed by atoms with E-state index in [1.807, 2.05) is 44.0 Å². The summed E-state index contributed by atoms with van der Waals surface area (Å²) in [7, 11) is 65.0. The first kappa shape index (κ1) is 32.8. The molecule has 0 saturated heterocycles. The lowest BCUT2D eigenvalue weighted by Gasteiger charge is -2.42. The van der Waals surface area contributed by atoms with Crippen LogP contribution in [0.4, 0.5) is 11.4 Å². The molecule has 22 radical (unpaired) electrons. The van der Waals surface area contributed by atoms with Crippen molar-refractivity contribution in [2.75, 3.05) is 17.3 Å². The van der Waals surface area contributed by atoms with Gasteiger partial charge in [-0.1, -0.05) is 6.07 Å². The molecule has 1 N–H and O–H groups in total. The molecule has 0 aromatic heterocycles. The molecular formula is C12H16B20N2O. The van der Waals surface area contributed by atoms with Gasteiger partial charge in [0.1, 0.15) is 0 Å². The van der Waals surface area contributed by atoms with Crippen molar-refractivity contribution in [3.05, 3.63) is 23.8 Å². The van der Waals surface area contributed by atoms with Gasteiger partial charge in [0, 0.05) is 173 Å². The van der Waals surface area contributed by atoms with E-state index < -0.39 is 57.5 Å². The fraction of sp³-hybridized carbons (Fsp3) is 0.417. The van der Waals surface area contributed by atoms with Crippen molar-refractivity contribution in [2.45, 2.75) is 26.3 Å². The number of nitrogens with one attached hydrogen (secondary N) is 1. The fourth-order valence-corrected chi connectivity index (χ4v) is 4.72. The Labute approximate surface area is 231 Å². The van der Waals surface area contributed by atoms with Crippen LogP contribution < -0.4 is 10.2 Å². The SMILES string of the molecule is CNc1cccc2c1CC(=O)N2C(C)C.[B]B([B])B([B])B(B(B([B])[B])B([B])[B])B(B([B])[B])B([B])[B]. The number of nitrogens with zero attached hydrogens (tertiary/aromatic N) is 1. The van der Waals surface area contributed by atoms with E-state index in [4.69, 9.17) is 85.1 Å². The van der Waals surface area contributed by atoms with E-state index in [1.165, 1.54) is 0 Å². The van der Waals surface area contributed by atoms with Crippen LogP contribution in [0.15, 0.2) is 18.2 Å². The van der Waals surface area contributed by atoms with Gasteiger partial charge in [0.15, 0.2) is 0 Å². The summed E-state index contributed by atoms with van der Waals surface area (Å²) in [5.41, 5.74) is 3.24. The van der Waals surface area contributed by atoms with Crippen molar-refractivity contribution in [3.63, 3.8) is 0 Å². The summed E-state index contributed by atoms with van der Waals surface area (Å²) in [5, 5.41) is 3.13. The average Bonchev–Trinajstić information content (AvgIpc) is 3.07. The third kappa shape index (κ3) is 8.39. The van der Waals surface area contributed by atoms with E-state index in [0.29, 0.717) is 6.42 Å². The normalized spacial score (nSPS) is 11.5. The Morgan fingerprint density at radius 2 is 1.23 bits per heavy atom. The van der Waals surface area contributed by atoms with Crippen molar-refractivity contribution >= 4 is 160 Å². The Morgan fingerprint density at radius 3 is 1.57 bits per heavy atom. The lowest BCUT2D eigenvalue weighted by atomic mass is 8.39. The molecule has 0 unspecified atom stereocenters. The molecule has 0 fully saturated rings. The van der Waals surface area contributed by atoms with E-state index in [1.54, 1.807) is 0 Å². The first-order valence-electron chi connectivity index (χ1n) is 11.6. The van der Waals surface area contributed by atoms with Gasteiger partial charge >= 0.3 is 0 Å².